The van der Waals surface area contributed by atoms with Crippen molar-refractivity contribution in [2.75, 3.05) is 26.7 Å². The number of guanidine groups is 1. The molecule has 0 radical (unpaired) electrons. The highest BCUT2D eigenvalue weighted by molar-refractivity contribution is 8.01. The summed E-state index contributed by atoms with van der Waals surface area (Å²) < 4.78 is 11.1. The highest BCUT2D eigenvalue weighted by atomic mass is 32.2. The van der Waals surface area contributed by atoms with Crippen molar-refractivity contribution in [3.63, 3.8) is 0 Å². The largest absolute Gasteiger partial charge is 0.467 e. The molecule has 1 heterocycles. The van der Waals surface area contributed by atoms with Crippen molar-refractivity contribution in [2.45, 2.75) is 35.5 Å². The van der Waals surface area contributed by atoms with Crippen LogP contribution in [-0.2, 0) is 11.3 Å². The third-order valence-electron chi connectivity index (χ3n) is 4.27. The predicted octanol–water partition coefficient (Wildman–Crippen LogP) is 3.68. The van der Waals surface area contributed by atoms with Gasteiger partial charge in [-0.2, -0.15) is 0 Å². The Morgan fingerprint density at radius 3 is 2.73 bits per heavy atom. The first kappa shape index (κ1) is 18.9. The fraction of sp³-hybridized carbons (Fsp3) is 0.450. The Bertz CT molecular complexity index is 670. The molecule has 6 heteroatoms. The number of rotatable bonds is 10. The van der Waals surface area contributed by atoms with Gasteiger partial charge in [-0.25, -0.2) is 0 Å². The van der Waals surface area contributed by atoms with E-state index in [9.17, 15) is 0 Å². The van der Waals surface area contributed by atoms with Crippen LogP contribution in [0.25, 0.3) is 0 Å². The van der Waals surface area contributed by atoms with Crippen LogP contribution in [0.4, 0.5) is 0 Å². The van der Waals surface area contributed by atoms with Gasteiger partial charge in [-0.15, -0.1) is 11.8 Å². The third kappa shape index (κ3) is 6.11. The maximum absolute atomic E-state index is 5.59. The van der Waals surface area contributed by atoms with Crippen LogP contribution < -0.4 is 10.6 Å². The molecule has 2 aromatic rings. The second-order valence-electron chi connectivity index (χ2n) is 6.44. The maximum atomic E-state index is 5.59. The van der Waals surface area contributed by atoms with Crippen molar-refractivity contribution < 1.29 is 9.15 Å². The fourth-order valence-corrected chi connectivity index (χ4v) is 3.85. The van der Waals surface area contributed by atoms with Gasteiger partial charge >= 0.3 is 0 Å². The lowest BCUT2D eigenvalue weighted by atomic mass is 10.4. The van der Waals surface area contributed by atoms with Gasteiger partial charge < -0.3 is 19.8 Å². The monoisotopic (exact) mass is 373 g/mol. The van der Waals surface area contributed by atoms with Gasteiger partial charge in [-0.1, -0.05) is 18.2 Å². The van der Waals surface area contributed by atoms with Crippen molar-refractivity contribution in [1.82, 2.24) is 10.6 Å². The summed E-state index contributed by atoms with van der Waals surface area (Å²) in [6, 6.07) is 14.4. The van der Waals surface area contributed by atoms with Crippen molar-refractivity contribution in [1.29, 1.82) is 0 Å². The molecule has 0 unspecified atom stereocenters. The number of hydrogen-bond donors (Lipinski definition) is 2. The van der Waals surface area contributed by atoms with Gasteiger partial charge in [0.15, 0.2) is 5.96 Å². The first-order valence-corrected chi connectivity index (χ1v) is 9.90. The van der Waals surface area contributed by atoms with E-state index in [1.54, 1.807) is 6.26 Å². The Morgan fingerprint density at radius 1 is 1.19 bits per heavy atom. The summed E-state index contributed by atoms with van der Waals surface area (Å²) in [6.07, 6.45) is 5.08. The minimum absolute atomic E-state index is 0.311. The summed E-state index contributed by atoms with van der Waals surface area (Å²) >= 11 is 1.97. The third-order valence-corrected chi connectivity index (χ3v) is 5.76. The van der Waals surface area contributed by atoms with Crippen molar-refractivity contribution in [3.05, 3.63) is 54.5 Å². The number of nitrogens with one attached hydrogen (secondary N) is 2. The normalized spacial score (nSPS) is 15.7. The molecule has 0 bridgehead atoms. The zero-order valence-corrected chi connectivity index (χ0v) is 16.1. The molecule has 0 atom stereocenters. The Kier molecular flexibility index (Phi) is 7.03. The van der Waals surface area contributed by atoms with E-state index in [0.717, 1.165) is 31.2 Å². The zero-order chi connectivity index (χ0) is 18.1. The lowest BCUT2D eigenvalue weighted by Crippen LogP contribution is -2.41. The smallest absolute Gasteiger partial charge is 0.191 e. The number of furan rings is 1. The molecular formula is C20H27N3O2S. The number of nitrogens with zero attached hydrogens (tertiary/aromatic N) is 1. The molecule has 26 heavy (non-hydrogen) atoms. The van der Waals surface area contributed by atoms with Crippen molar-refractivity contribution >= 4 is 17.7 Å². The van der Waals surface area contributed by atoms with Crippen LogP contribution in [0.3, 0.4) is 0 Å². The SMILES string of the molecule is CN=C(NCCCOCc1ccco1)NCC1(Sc2ccccc2)CC1. The number of thioether (sulfide) groups is 1. The maximum Gasteiger partial charge on any atom is 0.191 e. The highest BCUT2D eigenvalue weighted by Gasteiger charge is 2.43. The molecule has 0 spiro atoms. The minimum atomic E-state index is 0.311. The van der Waals surface area contributed by atoms with E-state index in [1.165, 1.54) is 17.7 Å². The number of aliphatic imine (C=N–C) groups is 1. The number of ether oxygens (including phenoxy) is 1. The van der Waals surface area contributed by atoms with E-state index >= 15 is 0 Å². The molecule has 0 aliphatic heterocycles. The van der Waals surface area contributed by atoms with E-state index in [1.807, 2.05) is 30.9 Å². The van der Waals surface area contributed by atoms with Crippen LogP contribution in [0, 0.1) is 0 Å². The van der Waals surface area contributed by atoms with Crippen LogP contribution in [-0.4, -0.2) is 37.5 Å². The second-order valence-corrected chi connectivity index (χ2v) is 7.98. The lowest BCUT2D eigenvalue weighted by molar-refractivity contribution is 0.105. The van der Waals surface area contributed by atoms with Crippen molar-refractivity contribution in [2.24, 2.45) is 4.99 Å². The summed E-state index contributed by atoms with van der Waals surface area (Å²) in [5.41, 5.74) is 0. The van der Waals surface area contributed by atoms with E-state index in [2.05, 4.69) is 46.0 Å². The fourth-order valence-electron chi connectivity index (χ4n) is 2.61. The van der Waals surface area contributed by atoms with Gasteiger partial charge in [0.2, 0.25) is 0 Å². The van der Waals surface area contributed by atoms with Gasteiger partial charge in [0, 0.05) is 36.4 Å². The van der Waals surface area contributed by atoms with Crippen LogP contribution in [0.1, 0.15) is 25.0 Å². The molecule has 3 rings (SSSR count). The molecule has 0 amide bonds. The van der Waals surface area contributed by atoms with Crippen LogP contribution in [0.15, 0.2) is 63.0 Å². The standard InChI is InChI=1S/C20H27N3O2S/c1-21-19(22-12-6-13-24-15-17-7-5-14-25-17)23-16-20(10-11-20)26-18-8-3-2-4-9-18/h2-5,7-9,14H,6,10-13,15-16H2,1H3,(H2,21,22,23). The molecule has 0 saturated heterocycles. The van der Waals surface area contributed by atoms with E-state index in [-0.39, 0.29) is 0 Å². The first-order chi connectivity index (χ1) is 12.8. The van der Waals surface area contributed by atoms with E-state index < -0.39 is 0 Å². The number of hydrogen-bond acceptors (Lipinski definition) is 4. The molecule has 1 aliphatic rings. The van der Waals surface area contributed by atoms with E-state index in [4.69, 9.17) is 9.15 Å². The number of benzene rings is 1. The summed E-state index contributed by atoms with van der Waals surface area (Å²) in [5, 5.41) is 6.82. The minimum Gasteiger partial charge on any atom is -0.467 e. The Labute approximate surface area is 159 Å². The van der Waals surface area contributed by atoms with Gasteiger partial charge in [0.1, 0.15) is 12.4 Å². The van der Waals surface area contributed by atoms with Gasteiger partial charge in [0.05, 0.1) is 6.26 Å². The van der Waals surface area contributed by atoms with Crippen LogP contribution in [0.2, 0.25) is 0 Å². The summed E-state index contributed by atoms with van der Waals surface area (Å²) in [7, 11) is 1.81. The average molecular weight is 374 g/mol. The molecule has 5 nitrogen and oxygen atoms in total. The molecule has 1 aromatic heterocycles. The zero-order valence-electron chi connectivity index (χ0n) is 15.2. The molecule has 140 valence electrons. The van der Waals surface area contributed by atoms with Gasteiger partial charge in [-0.3, -0.25) is 4.99 Å². The van der Waals surface area contributed by atoms with Gasteiger partial charge in [0.25, 0.3) is 0 Å². The van der Waals surface area contributed by atoms with Crippen molar-refractivity contribution in [3.8, 4) is 0 Å². The molecule has 1 saturated carbocycles. The lowest BCUT2D eigenvalue weighted by Gasteiger charge is -2.18. The Hall–Kier alpha value is -1.92. The molecular weight excluding hydrogens is 346 g/mol. The molecule has 2 N–H and O–H groups in total. The van der Waals surface area contributed by atoms with E-state index in [0.29, 0.717) is 18.0 Å². The molecule has 1 aliphatic carbocycles. The highest BCUT2D eigenvalue weighted by Crippen LogP contribution is 2.51. The first-order valence-electron chi connectivity index (χ1n) is 9.08. The summed E-state index contributed by atoms with van der Waals surface area (Å²) in [6.45, 7) is 2.98. The summed E-state index contributed by atoms with van der Waals surface area (Å²) in [4.78, 5) is 5.65. The average Bonchev–Trinajstić information content (AvgIpc) is 3.22. The topological polar surface area (TPSA) is 58.8 Å². The summed E-state index contributed by atoms with van der Waals surface area (Å²) in [5.74, 6) is 1.72. The quantitative estimate of drug-likeness (QED) is 0.378. The molecule has 1 aromatic carbocycles. The Balaban J connectivity index is 1.29. The Morgan fingerprint density at radius 2 is 2.04 bits per heavy atom. The second kappa shape index (κ2) is 9.69. The van der Waals surface area contributed by atoms with Crippen LogP contribution >= 0.6 is 11.8 Å². The molecule has 1 fully saturated rings. The predicted molar refractivity (Wildman–Crippen MR) is 107 cm³/mol. The van der Waals surface area contributed by atoms with Crippen LogP contribution in [0.5, 0.6) is 0 Å². The van der Waals surface area contributed by atoms with Gasteiger partial charge in [-0.05, 0) is 43.5 Å².